The van der Waals surface area contributed by atoms with Gasteiger partial charge >= 0.3 is 0 Å². The van der Waals surface area contributed by atoms with Gasteiger partial charge in [-0.15, -0.1) is 0 Å². The number of likely N-dealkylation sites (N-methyl/N-ethyl adjacent to an activating group) is 1. The van der Waals surface area contributed by atoms with E-state index in [4.69, 9.17) is 14.2 Å². The van der Waals surface area contributed by atoms with Crippen LogP contribution in [-0.2, 0) is 29.0 Å². The molecule has 0 saturated carbocycles. The number of hydrogen-bond acceptors (Lipinski definition) is 5. The van der Waals surface area contributed by atoms with Gasteiger partial charge in [-0.3, -0.25) is 9.59 Å². The molecule has 0 fully saturated rings. The third-order valence-corrected chi connectivity index (χ3v) is 6.18. The Balaban J connectivity index is 1.90. The van der Waals surface area contributed by atoms with Crippen LogP contribution in [0, 0.1) is 0 Å². The van der Waals surface area contributed by atoms with Crippen molar-refractivity contribution in [3.05, 3.63) is 89.5 Å². The summed E-state index contributed by atoms with van der Waals surface area (Å²) >= 11 is 0. The Kier molecular flexibility index (Phi) is 10.4. The predicted molar refractivity (Wildman–Crippen MR) is 144 cm³/mol. The molecule has 0 radical (unpaired) electrons. The third-order valence-electron chi connectivity index (χ3n) is 6.18. The molecular weight excluding hydrogens is 468 g/mol. The van der Waals surface area contributed by atoms with Gasteiger partial charge in [0.2, 0.25) is 11.8 Å². The topological polar surface area (TPSA) is 77.1 Å². The number of nitrogens with zero attached hydrogens (tertiary/aromatic N) is 1. The maximum Gasteiger partial charge on any atom is 0.243 e. The fourth-order valence-electron chi connectivity index (χ4n) is 4.24. The highest BCUT2D eigenvalue weighted by molar-refractivity contribution is 5.88. The van der Waals surface area contributed by atoms with Crippen molar-refractivity contribution in [2.45, 2.75) is 38.8 Å². The van der Waals surface area contributed by atoms with Crippen LogP contribution in [0.5, 0.6) is 17.2 Å². The Labute approximate surface area is 219 Å². The van der Waals surface area contributed by atoms with Crippen LogP contribution < -0.4 is 19.5 Å². The molecule has 0 aromatic heterocycles. The smallest absolute Gasteiger partial charge is 0.243 e. The summed E-state index contributed by atoms with van der Waals surface area (Å²) in [6.45, 7) is 2.65. The summed E-state index contributed by atoms with van der Waals surface area (Å²) < 4.78 is 16.1. The molecule has 2 amide bonds. The number of methoxy groups -OCH3 is 3. The molecule has 7 nitrogen and oxygen atoms in total. The van der Waals surface area contributed by atoms with Crippen LogP contribution in [0.1, 0.15) is 30.0 Å². The lowest BCUT2D eigenvalue weighted by Crippen LogP contribution is -2.50. The van der Waals surface area contributed by atoms with Gasteiger partial charge in [0.05, 0.1) is 21.3 Å². The molecule has 0 aliphatic heterocycles. The monoisotopic (exact) mass is 504 g/mol. The van der Waals surface area contributed by atoms with Crippen LogP contribution in [0.3, 0.4) is 0 Å². The Morgan fingerprint density at radius 2 is 1.54 bits per heavy atom. The largest absolute Gasteiger partial charge is 0.497 e. The lowest BCUT2D eigenvalue weighted by atomic mass is 10.0. The second-order valence-corrected chi connectivity index (χ2v) is 8.66. The minimum absolute atomic E-state index is 0.107. The zero-order valence-electron chi connectivity index (χ0n) is 22.0. The number of ether oxygens (including phenoxy) is 3. The van der Waals surface area contributed by atoms with Gasteiger partial charge in [-0.1, -0.05) is 48.5 Å². The Morgan fingerprint density at radius 3 is 2.22 bits per heavy atom. The zero-order chi connectivity index (χ0) is 26.6. The number of hydrogen-bond donors (Lipinski definition) is 1. The van der Waals surface area contributed by atoms with Crippen molar-refractivity contribution in [3.63, 3.8) is 0 Å². The number of aryl methyl sites for hydroxylation is 1. The quantitative estimate of drug-likeness (QED) is 0.373. The number of carbonyl (C=O) groups is 2. The summed E-state index contributed by atoms with van der Waals surface area (Å²) in [6.07, 6.45) is 1.16. The molecule has 0 unspecified atom stereocenters. The van der Waals surface area contributed by atoms with Crippen LogP contribution in [0.15, 0.2) is 72.8 Å². The molecular formula is C30H36N2O5. The van der Waals surface area contributed by atoms with E-state index in [0.717, 1.165) is 16.7 Å². The van der Waals surface area contributed by atoms with Crippen molar-refractivity contribution in [3.8, 4) is 17.2 Å². The summed E-state index contributed by atoms with van der Waals surface area (Å²) in [6, 6.07) is 22.3. The van der Waals surface area contributed by atoms with Crippen molar-refractivity contribution in [1.82, 2.24) is 10.2 Å². The molecule has 0 spiro atoms. The average molecular weight is 505 g/mol. The van der Waals surface area contributed by atoms with Crippen molar-refractivity contribution in [2.75, 3.05) is 27.9 Å². The summed E-state index contributed by atoms with van der Waals surface area (Å²) in [5, 5.41) is 2.92. The first-order valence-corrected chi connectivity index (χ1v) is 12.4. The molecule has 0 aliphatic rings. The van der Waals surface area contributed by atoms with Crippen LogP contribution in [0.25, 0.3) is 0 Å². The molecule has 1 N–H and O–H groups in total. The second kappa shape index (κ2) is 13.9. The molecule has 0 heterocycles. The van der Waals surface area contributed by atoms with Crippen molar-refractivity contribution in [2.24, 2.45) is 0 Å². The van der Waals surface area contributed by atoms with Crippen molar-refractivity contribution >= 4 is 11.8 Å². The predicted octanol–water partition coefficient (Wildman–Crippen LogP) is 4.42. The fourth-order valence-corrected chi connectivity index (χ4v) is 4.24. The molecule has 37 heavy (non-hydrogen) atoms. The van der Waals surface area contributed by atoms with Crippen LogP contribution in [0.2, 0.25) is 0 Å². The molecule has 3 rings (SSSR count). The molecule has 3 aromatic carbocycles. The number of benzene rings is 3. The van der Waals surface area contributed by atoms with Gasteiger partial charge < -0.3 is 24.4 Å². The summed E-state index contributed by atoms with van der Waals surface area (Å²) in [4.78, 5) is 28.7. The highest BCUT2D eigenvalue weighted by atomic mass is 16.5. The normalized spacial score (nSPS) is 11.4. The van der Waals surface area contributed by atoms with E-state index in [-0.39, 0.29) is 24.8 Å². The molecule has 0 aliphatic carbocycles. The Hall–Kier alpha value is -4.00. The molecule has 0 bridgehead atoms. The van der Waals surface area contributed by atoms with Gasteiger partial charge in [-0.2, -0.15) is 0 Å². The van der Waals surface area contributed by atoms with Crippen LogP contribution in [0.4, 0.5) is 0 Å². The number of amides is 2. The molecule has 1 atom stereocenters. The fraction of sp³-hybridized carbons (Fsp3) is 0.333. The van der Waals surface area contributed by atoms with Crippen LogP contribution >= 0.6 is 0 Å². The van der Waals surface area contributed by atoms with E-state index in [1.54, 1.807) is 26.2 Å². The Morgan fingerprint density at radius 1 is 0.811 bits per heavy atom. The number of rotatable bonds is 13. The first kappa shape index (κ1) is 27.6. The Bertz CT molecular complexity index is 1170. The maximum atomic E-state index is 13.8. The third kappa shape index (κ3) is 7.74. The van der Waals surface area contributed by atoms with Gasteiger partial charge in [0, 0.05) is 25.9 Å². The standard InChI is InChI=1S/C30H36N2O5/c1-5-31-30(34)26(19-22-10-7-6-8-11-22)32(21-24-12-9-13-25(18-24)35-2)29(33)17-15-23-14-16-27(36-3)28(20-23)37-4/h6-14,16,18,20,26H,5,15,17,19,21H2,1-4H3,(H,31,34)/t26-/m1/s1. The van der Waals surface area contributed by atoms with Crippen molar-refractivity contribution in [1.29, 1.82) is 0 Å². The molecule has 196 valence electrons. The zero-order valence-corrected chi connectivity index (χ0v) is 22.0. The molecule has 0 saturated heterocycles. The summed E-state index contributed by atoms with van der Waals surface area (Å²) in [5.41, 5.74) is 2.83. The van der Waals surface area contributed by atoms with E-state index in [9.17, 15) is 9.59 Å². The summed E-state index contributed by atoms with van der Waals surface area (Å²) in [7, 11) is 4.78. The maximum absolute atomic E-state index is 13.8. The van der Waals surface area contributed by atoms with E-state index >= 15 is 0 Å². The van der Waals surface area contributed by atoms with Gasteiger partial charge in [0.15, 0.2) is 11.5 Å². The van der Waals surface area contributed by atoms with E-state index < -0.39 is 6.04 Å². The lowest BCUT2D eigenvalue weighted by molar-refractivity contribution is -0.141. The molecule has 7 heteroatoms. The lowest BCUT2D eigenvalue weighted by Gasteiger charge is -2.31. The van der Waals surface area contributed by atoms with Gasteiger partial charge in [0.1, 0.15) is 11.8 Å². The SMILES string of the molecule is CCNC(=O)[C@@H](Cc1ccccc1)N(Cc1cccc(OC)c1)C(=O)CCc1ccc(OC)c(OC)c1. The van der Waals surface area contributed by atoms with E-state index in [2.05, 4.69) is 5.32 Å². The van der Waals surface area contributed by atoms with E-state index in [1.165, 1.54) is 0 Å². The minimum atomic E-state index is -0.661. The highest BCUT2D eigenvalue weighted by Crippen LogP contribution is 2.28. The average Bonchev–Trinajstić information content (AvgIpc) is 2.94. The molecule has 3 aromatic rings. The van der Waals surface area contributed by atoms with E-state index in [0.29, 0.717) is 36.6 Å². The first-order chi connectivity index (χ1) is 18.0. The van der Waals surface area contributed by atoms with Crippen LogP contribution in [-0.4, -0.2) is 50.6 Å². The van der Waals surface area contributed by atoms with Gasteiger partial charge in [-0.25, -0.2) is 0 Å². The number of nitrogens with one attached hydrogen (secondary N) is 1. The second-order valence-electron chi connectivity index (χ2n) is 8.66. The van der Waals surface area contributed by atoms with Gasteiger partial charge in [-0.05, 0) is 54.3 Å². The van der Waals surface area contributed by atoms with Crippen molar-refractivity contribution < 1.29 is 23.8 Å². The number of carbonyl (C=O) groups excluding carboxylic acids is 2. The van der Waals surface area contributed by atoms with E-state index in [1.807, 2.05) is 79.7 Å². The first-order valence-electron chi connectivity index (χ1n) is 12.4. The van der Waals surface area contributed by atoms with Gasteiger partial charge in [0.25, 0.3) is 0 Å². The summed E-state index contributed by atoms with van der Waals surface area (Å²) in [5.74, 6) is 1.67. The minimum Gasteiger partial charge on any atom is -0.497 e. The highest BCUT2D eigenvalue weighted by Gasteiger charge is 2.30.